The summed E-state index contributed by atoms with van der Waals surface area (Å²) in [4.78, 5) is 10.4. The van der Waals surface area contributed by atoms with E-state index in [0.717, 1.165) is 42.6 Å². The van der Waals surface area contributed by atoms with Crippen molar-refractivity contribution >= 4 is 33.4 Å². The first-order valence-corrected chi connectivity index (χ1v) is 14.3. The lowest BCUT2D eigenvalue weighted by molar-refractivity contribution is 0.0916. The van der Waals surface area contributed by atoms with Crippen LogP contribution in [0.1, 0.15) is 44.3 Å². The topological polar surface area (TPSA) is 33.5 Å². The molecule has 2 aliphatic rings. The number of rotatable bonds is 8. The molecule has 0 amide bonds. The van der Waals surface area contributed by atoms with E-state index >= 15 is 0 Å². The molecule has 4 aromatic rings. The van der Waals surface area contributed by atoms with Crippen molar-refractivity contribution in [1.82, 2.24) is 19.4 Å². The normalized spacial score (nSPS) is 18.1. The van der Waals surface area contributed by atoms with Crippen molar-refractivity contribution in [2.45, 2.75) is 57.7 Å². The molecule has 3 heterocycles. The van der Waals surface area contributed by atoms with Crippen molar-refractivity contribution in [2.24, 2.45) is 0 Å². The highest BCUT2D eigenvalue weighted by molar-refractivity contribution is 6.30. The molecule has 0 aliphatic carbocycles. The Hall–Kier alpha value is -2.60. The third-order valence-corrected chi connectivity index (χ3v) is 8.45. The molecule has 2 fully saturated rings. The molecule has 2 saturated heterocycles. The van der Waals surface area contributed by atoms with Gasteiger partial charge in [0, 0.05) is 17.6 Å². The van der Waals surface area contributed by atoms with Crippen molar-refractivity contribution in [3.8, 4) is 5.75 Å². The summed E-state index contributed by atoms with van der Waals surface area (Å²) in [6.45, 7) is 7.60. The van der Waals surface area contributed by atoms with Gasteiger partial charge in [-0.25, -0.2) is 4.98 Å². The smallest absolute Gasteiger partial charge is 0.147 e. The number of hydrogen-bond acceptors (Lipinski definition) is 4. The number of imidazole rings is 1. The average molecular weight is 517 g/mol. The van der Waals surface area contributed by atoms with E-state index in [4.69, 9.17) is 21.3 Å². The SMILES string of the molecule is Clc1ccc(OCc2nc3cc4ccccc4cc3n2CCCN2CCC(N3CCCCC3)CC2)cc1. The zero-order valence-electron chi connectivity index (χ0n) is 21.6. The maximum Gasteiger partial charge on any atom is 0.147 e. The molecule has 37 heavy (non-hydrogen) atoms. The average Bonchev–Trinajstić information content (AvgIpc) is 3.28. The second-order valence-corrected chi connectivity index (χ2v) is 11.1. The molecule has 0 atom stereocenters. The third-order valence-electron chi connectivity index (χ3n) is 8.20. The van der Waals surface area contributed by atoms with Crippen molar-refractivity contribution in [3.05, 3.63) is 71.5 Å². The first-order valence-electron chi connectivity index (χ1n) is 14.0. The van der Waals surface area contributed by atoms with Crippen LogP contribution >= 0.6 is 11.6 Å². The van der Waals surface area contributed by atoms with Gasteiger partial charge in [-0.05, 0) is 112 Å². The molecule has 0 bridgehead atoms. The molecule has 0 saturated carbocycles. The highest BCUT2D eigenvalue weighted by atomic mass is 35.5. The minimum absolute atomic E-state index is 0.438. The lowest BCUT2D eigenvalue weighted by atomic mass is 10.00. The Labute approximate surface area is 225 Å². The van der Waals surface area contributed by atoms with Gasteiger partial charge in [-0.15, -0.1) is 0 Å². The molecular formula is C31H37ClN4O. The molecule has 2 aliphatic heterocycles. The summed E-state index contributed by atoms with van der Waals surface area (Å²) < 4.78 is 8.50. The van der Waals surface area contributed by atoms with E-state index in [1.165, 1.54) is 74.6 Å². The van der Waals surface area contributed by atoms with Crippen LogP contribution in [0, 0.1) is 0 Å². The molecule has 6 heteroatoms. The number of fused-ring (bicyclic) bond motifs is 2. The van der Waals surface area contributed by atoms with E-state index in [1.54, 1.807) is 0 Å². The first kappa shape index (κ1) is 24.7. The second-order valence-electron chi connectivity index (χ2n) is 10.6. The number of piperidine rings is 2. The monoisotopic (exact) mass is 516 g/mol. The summed E-state index contributed by atoms with van der Waals surface area (Å²) in [5.41, 5.74) is 2.23. The maximum absolute atomic E-state index is 6.12. The lowest BCUT2D eigenvalue weighted by Gasteiger charge is -2.40. The van der Waals surface area contributed by atoms with Gasteiger partial charge in [-0.2, -0.15) is 0 Å². The van der Waals surface area contributed by atoms with Crippen LogP contribution in [0.2, 0.25) is 5.02 Å². The largest absolute Gasteiger partial charge is 0.486 e. The Kier molecular flexibility index (Phi) is 7.63. The van der Waals surface area contributed by atoms with Gasteiger partial charge in [-0.3, -0.25) is 0 Å². The maximum atomic E-state index is 6.12. The molecule has 6 rings (SSSR count). The predicted octanol–water partition coefficient (Wildman–Crippen LogP) is 6.76. The first-order chi connectivity index (χ1) is 18.2. The van der Waals surface area contributed by atoms with Gasteiger partial charge in [0.1, 0.15) is 18.2 Å². The zero-order chi connectivity index (χ0) is 25.0. The number of aromatic nitrogens is 2. The van der Waals surface area contributed by atoms with E-state index in [1.807, 2.05) is 24.3 Å². The summed E-state index contributed by atoms with van der Waals surface area (Å²) in [6, 6.07) is 21.4. The Bertz CT molecular complexity index is 1320. The lowest BCUT2D eigenvalue weighted by Crippen LogP contribution is -2.46. The van der Waals surface area contributed by atoms with Gasteiger partial charge in [0.05, 0.1) is 11.0 Å². The van der Waals surface area contributed by atoms with Crippen LogP contribution in [0.25, 0.3) is 21.8 Å². The van der Waals surface area contributed by atoms with Crippen molar-refractivity contribution in [1.29, 1.82) is 0 Å². The van der Waals surface area contributed by atoms with Crippen LogP contribution < -0.4 is 4.74 Å². The minimum atomic E-state index is 0.438. The fraction of sp³-hybridized carbons (Fsp3) is 0.452. The van der Waals surface area contributed by atoms with E-state index in [0.29, 0.717) is 11.6 Å². The van der Waals surface area contributed by atoms with Crippen LogP contribution in [0.3, 0.4) is 0 Å². The number of aryl methyl sites for hydroxylation is 1. The molecule has 0 unspecified atom stereocenters. The van der Waals surface area contributed by atoms with Crippen molar-refractivity contribution in [3.63, 3.8) is 0 Å². The Morgan fingerprint density at radius 1 is 0.838 bits per heavy atom. The predicted molar refractivity (Wildman–Crippen MR) is 153 cm³/mol. The van der Waals surface area contributed by atoms with Gasteiger partial charge < -0.3 is 19.1 Å². The summed E-state index contributed by atoms with van der Waals surface area (Å²) in [6.07, 6.45) is 7.94. The molecule has 3 aromatic carbocycles. The second kappa shape index (κ2) is 11.4. The van der Waals surface area contributed by atoms with Crippen LogP contribution in [0.4, 0.5) is 0 Å². The number of hydrogen-bond donors (Lipinski definition) is 0. The standard InChI is InChI=1S/C31H37ClN4O/c32-26-9-11-28(12-10-26)37-23-31-33-29-21-24-7-2-3-8-25(24)22-30(29)36(31)18-6-15-34-19-13-27(14-20-34)35-16-4-1-5-17-35/h2-3,7-12,21-22,27H,1,4-6,13-20,23H2. The fourth-order valence-electron chi connectivity index (χ4n) is 6.14. The molecule has 1 aromatic heterocycles. The highest BCUT2D eigenvalue weighted by Gasteiger charge is 2.25. The number of halogens is 1. The molecule has 0 spiro atoms. The van der Waals surface area contributed by atoms with E-state index in [-0.39, 0.29) is 0 Å². The van der Waals surface area contributed by atoms with E-state index in [2.05, 4.69) is 50.8 Å². The highest BCUT2D eigenvalue weighted by Crippen LogP contribution is 2.26. The molecule has 194 valence electrons. The molecule has 0 N–H and O–H groups in total. The van der Waals surface area contributed by atoms with Crippen LogP contribution in [-0.2, 0) is 13.2 Å². The Morgan fingerprint density at radius 2 is 1.57 bits per heavy atom. The van der Waals surface area contributed by atoms with E-state index < -0.39 is 0 Å². The molecule has 0 radical (unpaired) electrons. The van der Waals surface area contributed by atoms with Crippen LogP contribution in [0.15, 0.2) is 60.7 Å². The quantitative estimate of drug-likeness (QED) is 0.259. The fourth-order valence-corrected chi connectivity index (χ4v) is 6.27. The summed E-state index contributed by atoms with van der Waals surface area (Å²) in [5.74, 6) is 1.79. The van der Waals surface area contributed by atoms with E-state index in [9.17, 15) is 0 Å². The molecule has 5 nitrogen and oxygen atoms in total. The molecular weight excluding hydrogens is 480 g/mol. The van der Waals surface area contributed by atoms with Gasteiger partial charge in [0.2, 0.25) is 0 Å². The Balaban J connectivity index is 1.14. The third kappa shape index (κ3) is 5.79. The van der Waals surface area contributed by atoms with Gasteiger partial charge in [0.25, 0.3) is 0 Å². The summed E-state index contributed by atoms with van der Waals surface area (Å²) >= 11 is 6.05. The van der Waals surface area contributed by atoms with Gasteiger partial charge in [0.15, 0.2) is 0 Å². The number of likely N-dealkylation sites (tertiary alicyclic amines) is 2. The van der Waals surface area contributed by atoms with Crippen molar-refractivity contribution in [2.75, 3.05) is 32.7 Å². The number of ether oxygens (including phenoxy) is 1. The Morgan fingerprint density at radius 3 is 2.32 bits per heavy atom. The summed E-state index contributed by atoms with van der Waals surface area (Å²) in [7, 11) is 0. The van der Waals surface area contributed by atoms with Crippen LogP contribution in [-0.4, -0.2) is 58.1 Å². The zero-order valence-corrected chi connectivity index (χ0v) is 22.4. The summed E-state index contributed by atoms with van der Waals surface area (Å²) in [5, 5.41) is 3.19. The van der Waals surface area contributed by atoms with Gasteiger partial charge in [-0.1, -0.05) is 42.3 Å². The number of nitrogens with zero attached hydrogens (tertiary/aromatic N) is 4. The van der Waals surface area contributed by atoms with Crippen molar-refractivity contribution < 1.29 is 4.74 Å². The number of benzene rings is 3. The van der Waals surface area contributed by atoms with Crippen LogP contribution in [0.5, 0.6) is 5.75 Å². The minimum Gasteiger partial charge on any atom is -0.486 e. The van der Waals surface area contributed by atoms with Gasteiger partial charge >= 0.3 is 0 Å².